The van der Waals surface area contributed by atoms with E-state index in [4.69, 9.17) is 16.3 Å². The Bertz CT molecular complexity index is 957. The van der Waals surface area contributed by atoms with Crippen LogP contribution in [-0.4, -0.2) is 22.0 Å². The number of nitrogens with one attached hydrogen (secondary N) is 2. The van der Waals surface area contributed by atoms with Crippen LogP contribution in [0.5, 0.6) is 5.75 Å². The molecule has 7 heteroatoms. The van der Waals surface area contributed by atoms with Crippen molar-refractivity contribution in [2.75, 3.05) is 10.6 Å². The molecule has 28 heavy (non-hydrogen) atoms. The van der Waals surface area contributed by atoms with Crippen molar-refractivity contribution in [2.24, 2.45) is 0 Å². The highest BCUT2D eigenvalue weighted by atomic mass is 35.5. The summed E-state index contributed by atoms with van der Waals surface area (Å²) in [6.45, 7) is 5.86. The molecule has 0 aliphatic carbocycles. The van der Waals surface area contributed by atoms with Crippen molar-refractivity contribution >= 4 is 34.8 Å². The summed E-state index contributed by atoms with van der Waals surface area (Å²) < 4.78 is 5.59. The minimum Gasteiger partial charge on any atom is -0.491 e. The van der Waals surface area contributed by atoms with Gasteiger partial charge < -0.3 is 15.4 Å². The van der Waals surface area contributed by atoms with Crippen molar-refractivity contribution in [3.63, 3.8) is 0 Å². The van der Waals surface area contributed by atoms with Crippen LogP contribution in [0.25, 0.3) is 0 Å². The molecule has 0 radical (unpaired) electrons. The monoisotopic (exact) mass is 396 g/mol. The normalized spacial score (nSPS) is 10.6. The summed E-state index contributed by atoms with van der Waals surface area (Å²) in [6.07, 6.45) is 3.06. The number of anilines is 3. The van der Waals surface area contributed by atoms with Crippen LogP contribution in [0.1, 0.15) is 29.8 Å². The highest BCUT2D eigenvalue weighted by molar-refractivity contribution is 6.30. The van der Waals surface area contributed by atoms with Crippen LogP contribution in [0.3, 0.4) is 0 Å². The Morgan fingerprint density at radius 3 is 2.36 bits per heavy atom. The molecule has 144 valence electrons. The number of aryl methyl sites for hydroxylation is 1. The van der Waals surface area contributed by atoms with Gasteiger partial charge in [0.1, 0.15) is 5.75 Å². The number of hydrogen-bond acceptors (Lipinski definition) is 5. The second-order valence-electron chi connectivity index (χ2n) is 6.52. The van der Waals surface area contributed by atoms with Crippen LogP contribution < -0.4 is 15.4 Å². The van der Waals surface area contributed by atoms with Crippen molar-refractivity contribution in [3.8, 4) is 5.75 Å². The van der Waals surface area contributed by atoms with E-state index in [0.29, 0.717) is 22.2 Å². The number of amides is 1. The number of aromatic nitrogens is 2. The summed E-state index contributed by atoms with van der Waals surface area (Å²) >= 11 is 5.96. The third-order valence-corrected chi connectivity index (χ3v) is 4.07. The molecule has 1 heterocycles. The summed E-state index contributed by atoms with van der Waals surface area (Å²) in [5.74, 6) is 0.869. The first kappa shape index (κ1) is 19.6. The van der Waals surface area contributed by atoms with Gasteiger partial charge in [0.25, 0.3) is 5.91 Å². The van der Waals surface area contributed by atoms with Gasteiger partial charge in [0, 0.05) is 28.8 Å². The largest absolute Gasteiger partial charge is 0.491 e. The fourth-order valence-electron chi connectivity index (χ4n) is 2.49. The van der Waals surface area contributed by atoms with E-state index in [0.717, 1.165) is 17.0 Å². The molecule has 1 aromatic heterocycles. The summed E-state index contributed by atoms with van der Waals surface area (Å²) in [4.78, 5) is 20.8. The maximum atomic E-state index is 12.4. The lowest BCUT2D eigenvalue weighted by Crippen LogP contribution is -2.13. The van der Waals surface area contributed by atoms with E-state index in [1.165, 1.54) is 12.4 Å². The van der Waals surface area contributed by atoms with Crippen LogP contribution in [0.2, 0.25) is 5.02 Å². The quantitative estimate of drug-likeness (QED) is 0.597. The average molecular weight is 397 g/mol. The van der Waals surface area contributed by atoms with Gasteiger partial charge in [0.2, 0.25) is 5.95 Å². The Kier molecular flexibility index (Phi) is 6.11. The zero-order valence-electron chi connectivity index (χ0n) is 15.9. The molecular formula is C21H21ClN4O2. The summed E-state index contributed by atoms with van der Waals surface area (Å²) in [7, 11) is 0. The van der Waals surface area contributed by atoms with Gasteiger partial charge in [0.05, 0.1) is 11.7 Å². The Morgan fingerprint density at radius 1 is 1.07 bits per heavy atom. The van der Waals surface area contributed by atoms with Gasteiger partial charge in [-0.3, -0.25) is 4.79 Å². The van der Waals surface area contributed by atoms with Crippen molar-refractivity contribution in [3.05, 3.63) is 71.0 Å². The molecule has 0 unspecified atom stereocenters. The summed E-state index contributed by atoms with van der Waals surface area (Å²) in [6, 6.07) is 12.7. The van der Waals surface area contributed by atoms with E-state index in [9.17, 15) is 4.79 Å². The highest BCUT2D eigenvalue weighted by Gasteiger charge is 2.09. The lowest BCUT2D eigenvalue weighted by Gasteiger charge is -2.11. The lowest BCUT2D eigenvalue weighted by atomic mass is 10.2. The first-order valence-electron chi connectivity index (χ1n) is 8.84. The maximum Gasteiger partial charge on any atom is 0.258 e. The summed E-state index contributed by atoms with van der Waals surface area (Å²) in [5.41, 5.74) is 2.86. The van der Waals surface area contributed by atoms with Crippen molar-refractivity contribution in [1.29, 1.82) is 0 Å². The second kappa shape index (κ2) is 8.71. The van der Waals surface area contributed by atoms with Crippen LogP contribution in [-0.2, 0) is 0 Å². The molecule has 0 saturated heterocycles. The highest BCUT2D eigenvalue weighted by Crippen LogP contribution is 2.22. The smallest absolute Gasteiger partial charge is 0.258 e. The molecule has 0 aliphatic heterocycles. The lowest BCUT2D eigenvalue weighted by molar-refractivity contribution is 0.102. The molecule has 0 aliphatic rings. The maximum absolute atomic E-state index is 12.4. The van der Waals surface area contributed by atoms with Gasteiger partial charge in [-0.25, -0.2) is 9.97 Å². The topological polar surface area (TPSA) is 76.1 Å². The van der Waals surface area contributed by atoms with Crippen LogP contribution in [0, 0.1) is 6.92 Å². The number of halogens is 1. The molecule has 0 fully saturated rings. The Hall–Kier alpha value is -3.12. The number of carbonyl (C=O) groups is 1. The molecular weight excluding hydrogens is 376 g/mol. The SMILES string of the molecule is Cc1cc(Cl)ccc1Nc1ncc(C(=O)Nc2ccc(OC(C)C)cc2)cn1. The van der Waals surface area contributed by atoms with E-state index in [1.54, 1.807) is 18.2 Å². The number of rotatable bonds is 6. The second-order valence-corrected chi connectivity index (χ2v) is 6.96. The predicted octanol–water partition coefficient (Wildman–Crippen LogP) is 5.22. The van der Waals surface area contributed by atoms with Crippen molar-refractivity contribution < 1.29 is 9.53 Å². The van der Waals surface area contributed by atoms with E-state index in [-0.39, 0.29) is 12.0 Å². The Morgan fingerprint density at radius 2 is 1.75 bits per heavy atom. The van der Waals surface area contributed by atoms with Crippen molar-refractivity contribution in [2.45, 2.75) is 26.9 Å². The van der Waals surface area contributed by atoms with Crippen molar-refractivity contribution in [1.82, 2.24) is 9.97 Å². The Labute approximate surface area is 168 Å². The first-order valence-corrected chi connectivity index (χ1v) is 9.22. The fraction of sp³-hybridized carbons (Fsp3) is 0.190. The zero-order chi connectivity index (χ0) is 20.1. The molecule has 0 atom stereocenters. The molecule has 0 spiro atoms. The number of hydrogen-bond donors (Lipinski definition) is 2. The number of nitrogens with zero attached hydrogens (tertiary/aromatic N) is 2. The van der Waals surface area contributed by atoms with Gasteiger partial charge in [-0.05, 0) is 68.8 Å². The molecule has 2 N–H and O–H groups in total. The first-order chi connectivity index (χ1) is 13.4. The number of benzene rings is 2. The van der Waals surface area contributed by atoms with E-state index < -0.39 is 0 Å². The van der Waals surface area contributed by atoms with Gasteiger partial charge in [0.15, 0.2) is 0 Å². The number of carbonyl (C=O) groups excluding carboxylic acids is 1. The van der Waals surface area contributed by atoms with E-state index in [2.05, 4.69) is 20.6 Å². The average Bonchev–Trinajstić information content (AvgIpc) is 2.66. The third-order valence-electron chi connectivity index (χ3n) is 3.83. The predicted molar refractivity (Wildman–Crippen MR) is 112 cm³/mol. The number of ether oxygens (including phenoxy) is 1. The van der Waals surface area contributed by atoms with Crippen LogP contribution in [0.4, 0.5) is 17.3 Å². The third kappa shape index (κ3) is 5.20. The van der Waals surface area contributed by atoms with Gasteiger partial charge in [-0.1, -0.05) is 11.6 Å². The molecule has 0 saturated carbocycles. The minimum absolute atomic E-state index is 0.0985. The molecule has 1 amide bonds. The van der Waals surface area contributed by atoms with E-state index in [1.807, 2.05) is 45.0 Å². The van der Waals surface area contributed by atoms with Gasteiger partial charge in [-0.15, -0.1) is 0 Å². The Balaban J connectivity index is 1.63. The standard InChI is InChI=1S/C21H21ClN4O2/c1-13(2)28-18-7-5-17(6-8-18)25-20(27)15-11-23-21(24-12-15)26-19-9-4-16(22)10-14(19)3/h4-13H,1-3H3,(H,25,27)(H,23,24,26). The van der Waals surface area contributed by atoms with Crippen LogP contribution in [0.15, 0.2) is 54.9 Å². The zero-order valence-corrected chi connectivity index (χ0v) is 16.6. The molecule has 3 aromatic rings. The van der Waals surface area contributed by atoms with Gasteiger partial charge >= 0.3 is 0 Å². The molecule has 0 bridgehead atoms. The minimum atomic E-state index is -0.285. The fourth-order valence-corrected chi connectivity index (χ4v) is 2.72. The van der Waals surface area contributed by atoms with Gasteiger partial charge in [-0.2, -0.15) is 0 Å². The van der Waals surface area contributed by atoms with Crippen LogP contribution >= 0.6 is 11.6 Å². The molecule has 3 rings (SSSR count). The molecule has 2 aromatic carbocycles. The van der Waals surface area contributed by atoms with E-state index >= 15 is 0 Å². The summed E-state index contributed by atoms with van der Waals surface area (Å²) in [5, 5.41) is 6.59. The molecule has 6 nitrogen and oxygen atoms in total.